The van der Waals surface area contributed by atoms with Gasteiger partial charge in [0.25, 0.3) is 5.91 Å². The fraction of sp³-hybridized carbons (Fsp3) is 0.125. The SMILES string of the molecule is Cc1ccccc1NC(=O)CNC(=O)c1ccccc1Cl. The van der Waals surface area contributed by atoms with Gasteiger partial charge in [-0.25, -0.2) is 0 Å². The monoisotopic (exact) mass is 302 g/mol. The molecule has 2 amide bonds. The highest BCUT2D eigenvalue weighted by molar-refractivity contribution is 6.33. The minimum atomic E-state index is -0.375. The average Bonchev–Trinajstić information content (AvgIpc) is 2.48. The first kappa shape index (κ1) is 15.1. The molecule has 2 aromatic rings. The molecule has 2 N–H and O–H groups in total. The highest BCUT2D eigenvalue weighted by Gasteiger charge is 2.11. The summed E-state index contributed by atoms with van der Waals surface area (Å²) in [5.74, 6) is -0.662. The lowest BCUT2D eigenvalue weighted by Gasteiger charge is -2.09. The van der Waals surface area contributed by atoms with Gasteiger partial charge >= 0.3 is 0 Å². The van der Waals surface area contributed by atoms with Crippen LogP contribution in [0.1, 0.15) is 15.9 Å². The second-order valence-electron chi connectivity index (χ2n) is 4.53. The number of nitrogens with one attached hydrogen (secondary N) is 2. The van der Waals surface area contributed by atoms with Crippen LogP contribution in [0, 0.1) is 6.92 Å². The Morgan fingerprint density at radius 2 is 1.71 bits per heavy atom. The van der Waals surface area contributed by atoms with Crippen molar-refractivity contribution in [1.29, 1.82) is 0 Å². The van der Waals surface area contributed by atoms with Crippen molar-refractivity contribution in [2.75, 3.05) is 11.9 Å². The maximum Gasteiger partial charge on any atom is 0.253 e. The van der Waals surface area contributed by atoms with Crippen LogP contribution in [0.4, 0.5) is 5.69 Å². The lowest BCUT2D eigenvalue weighted by Crippen LogP contribution is -2.33. The van der Waals surface area contributed by atoms with Crippen molar-refractivity contribution in [2.24, 2.45) is 0 Å². The van der Waals surface area contributed by atoms with E-state index in [0.717, 1.165) is 11.3 Å². The summed E-state index contributed by atoms with van der Waals surface area (Å²) in [6.07, 6.45) is 0. The zero-order valence-electron chi connectivity index (χ0n) is 11.5. The van der Waals surface area contributed by atoms with E-state index in [2.05, 4.69) is 10.6 Å². The predicted molar refractivity (Wildman–Crippen MR) is 83.6 cm³/mol. The molecule has 0 bridgehead atoms. The highest BCUT2D eigenvalue weighted by Crippen LogP contribution is 2.15. The Kier molecular flexibility index (Phi) is 4.95. The van der Waals surface area contributed by atoms with Gasteiger partial charge in [0.15, 0.2) is 0 Å². The standard InChI is InChI=1S/C16H15ClN2O2/c1-11-6-2-5-9-14(11)19-15(20)10-18-16(21)12-7-3-4-8-13(12)17/h2-9H,10H2,1H3,(H,18,21)(H,19,20). The molecule has 0 fully saturated rings. The Labute approximate surface area is 128 Å². The lowest BCUT2D eigenvalue weighted by atomic mass is 10.2. The normalized spacial score (nSPS) is 10.0. The zero-order chi connectivity index (χ0) is 15.2. The molecule has 0 unspecified atom stereocenters. The van der Waals surface area contributed by atoms with Crippen molar-refractivity contribution in [1.82, 2.24) is 5.32 Å². The van der Waals surface area contributed by atoms with Gasteiger partial charge in [0.1, 0.15) is 0 Å². The van der Waals surface area contributed by atoms with Gasteiger partial charge in [-0.3, -0.25) is 9.59 Å². The summed E-state index contributed by atoms with van der Waals surface area (Å²) >= 11 is 5.92. The van der Waals surface area contributed by atoms with Crippen LogP contribution in [-0.4, -0.2) is 18.4 Å². The predicted octanol–water partition coefficient (Wildman–Crippen LogP) is 3.02. The Balaban J connectivity index is 1.91. The van der Waals surface area contributed by atoms with E-state index < -0.39 is 0 Å². The van der Waals surface area contributed by atoms with Crippen LogP contribution < -0.4 is 10.6 Å². The van der Waals surface area contributed by atoms with Crippen LogP contribution >= 0.6 is 11.6 Å². The summed E-state index contributed by atoms with van der Waals surface area (Å²) in [4.78, 5) is 23.7. The van der Waals surface area contributed by atoms with Crippen LogP contribution in [0.25, 0.3) is 0 Å². The van der Waals surface area contributed by atoms with E-state index in [4.69, 9.17) is 11.6 Å². The molecule has 0 spiro atoms. The fourth-order valence-corrected chi connectivity index (χ4v) is 2.03. The number of benzene rings is 2. The Bertz CT molecular complexity index is 671. The van der Waals surface area contributed by atoms with E-state index in [0.29, 0.717) is 10.6 Å². The van der Waals surface area contributed by atoms with Gasteiger partial charge in [-0.05, 0) is 30.7 Å². The zero-order valence-corrected chi connectivity index (χ0v) is 12.3. The number of halogens is 1. The van der Waals surface area contributed by atoms with Crippen molar-refractivity contribution in [3.63, 3.8) is 0 Å². The number of para-hydroxylation sites is 1. The number of carbonyl (C=O) groups excluding carboxylic acids is 2. The molecule has 5 heteroatoms. The maximum absolute atomic E-state index is 11.9. The van der Waals surface area contributed by atoms with E-state index in [-0.39, 0.29) is 18.4 Å². The number of anilines is 1. The third kappa shape index (κ3) is 4.07. The number of hydrogen-bond donors (Lipinski definition) is 2. The van der Waals surface area contributed by atoms with E-state index in [9.17, 15) is 9.59 Å². The first-order valence-corrected chi connectivity index (χ1v) is 6.84. The average molecular weight is 303 g/mol. The molecule has 0 aliphatic carbocycles. The molecular weight excluding hydrogens is 288 g/mol. The van der Waals surface area contributed by atoms with E-state index in [1.807, 2.05) is 31.2 Å². The summed E-state index contributed by atoms with van der Waals surface area (Å²) in [5, 5.41) is 5.64. The molecule has 0 aliphatic heterocycles. The maximum atomic E-state index is 11.9. The largest absolute Gasteiger partial charge is 0.343 e. The molecule has 0 aliphatic rings. The summed E-state index contributed by atoms with van der Waals surface area (Å²) < 4.78 is 0. The van der Waals surface area contributed by atoms with Crippen molar-refractivity contribution in [3.8, 4) is 0 Å². The van der Waals surface area contributed by atoms with Crippen LogP contribution in [0.3, 0.4) is 0 Å². The van der Waals surface area contributed by atoms with Crippen molar-refractivity contribution < 1.29 is 9.59 Å². The molecule has 4 nitrogen and oxygen atoms in total. The second-order valence-corrected chi connectivity index (χ2v) is 4.93. The van der Waals surface area contributed by atoms with Gasteiger partial charge in [-0.1, -0.05) is 41.9 Å². The Hall–Kier alpha value is -2.33. The Morgan fingerprint density at radius 1 is 1.05 bits per heavy atom. The smallest absolute Gasteiger partial charge is 0.253 e. The molecule has 2 rings (SSSR count). The fourth-order valence-electron chi connectivity index (χ4n) is 1.81. The number of rotatable bonds is 4. The van der Waals surface area contributed by atoms with E-state index in [1.165, 1.54) is 0 Å². The molecule has 0 heterocycles. The third-order valence-electron chi connectivity index (χ3n) is 2.95. The topological polar surface area (TPSA) is 58.2 Å². The first-order chi connectivity index (χ1) is 10.1. The summed E-state index contributed by atoms with van der Waals surface area (Å²) in [6, 6.07) is 14.1. The molecule has 0 aromatic heterocycles. The van der Waals surface area contributed by atoms with E-state index >= 15 is 0 Å². The summed E-state index contributed by atoms with van der Waals surface area (Å²) in [7, 11) is 0. The molecule has 108 valence electrons. The van der Waals surface area contributed by atoms with Crippen molar-refractivity contribution in [3.05, 3.63) is 64.7 Å². The molecule has 0 saturated carbocycles. The quantitative estimate of drug-likeness (QED) is 0.912. The molecule has 0 radical (unpaired) electrons. The summed E-state index contributed by atoms with van der Waals surface area (Å²) in [6.45, 7) is 1.79. The number of amides is 2. The highest BCUT2D eigenvalue weighted by atomic mass is 35.5. The van der Waals surface area contributed by atoms with Crippen LogP contribution in [0.5, 0.6) is 0 Å². The molecule has 21 heavy (non-hydrogen) atoms. The van der Waals surface area contributed by atoms with Crippen molar-refractivity contribution in [2.45, 2.75) is 6.92 Å². The lowest BCUT2D eigenvalue weighted by molar-refractivity contribution is -0.115. The van der Waals surface area contributed by atoms with Gasteiger partial charge in [-0.2, -0.15) is 0 Å². The third-order valence-corrected chi connectivity index (χ3v) is 3.28. The first-order valence-electron chi connectivity index (χ1n) is 6.46. The van der Waals surface area contributed by atoms with Crippen molar-refractivity contribution >= 4 is 29.1 Å². The van der Waals surface area contributed by atoms with Gasteiger partial charge < -0.3 is 10.6 Å². The Morgan fingerprint density at radius 3 is 2.43 bits per heavy atom. The summed E-state index contributed by atoms with van der Waals surface area (Å²) in [5.41, 5.74) is 2.04. The van der Waals surface area contributed by atoms with Gasteiger partial charge in [0.2, 0.25) is 5.91 Å². The second kappa shape index (κ2) is 6.90. The number of hydrogen-bond acceptors (Lipinski definition) is 2. The molecular formula is C16H15ClN2O2. The van der Waals surface area contributed by atoms with Crippen LogP contribution in [0.15, 0.2) is 48.5 Å². The van der Waals surface area contributed by atoms with Gasteiger partial charge in [0.05, 0.1) is 17.1 Å². The van der Waals surface area contributed by atoms with Crippen LogP contribution in [-0.2, 0) is 4.79 Å². The molecule has 0 saturated heterocycles. The molecule has 2 aromatic carbocycles. The van der Waals surface area contributed by atoms with Gasteiger partial charge in [0, 0.05) is 5.69 Å². The van der Waals surface area contributed by atoms with Gasteiger partial charge in [-0.15, -0.1) is 0 Å². The number of aryl methyl sites for hydroxylation is 1. The number of carbonyl (C=O) groups is 2. The minimum absolute atomic E-state index is 0.113. The van der Waals surface area contributed by atoms with Crippen LogP contribution in [0.2, 0.25) is 5.02 Å². The minimum Gasteiger partial charge on any atom is -0.343 e. The van der Waals surface area contributed by atoms with E-state index in [1.54, 1.807) is 24.3 Å². The molecule has 0 atom stereocenters.